The molecule has 0 aliphatic heterocycles. The van der Waals surface area contributed by atoms with Crippen molar-refractivity contribution in [2.24, 2.45) is 7.05 Å². The van der Waals surface area contributed by atoms with Gasteiger partial charge in [-0.05, 0) is 48.1 Å². The van der Waals surface area contributed by atoms with E-state index < -0.39 is 0 Å². The zero-order valence-electron chi connectivity index (χ0n) is 19.6. The lowest BCUT2D eigenvalue weighted by atomic mass is 10.0. The number of pyridine rings is 2. The van der Waals surface area contributed by atoms with Gasteiger partial charge in [0.05, 0.1) is 5.69 Å². The molecule has 160 valence electrons. The lowest BCUT2D eigenvalue weighted by Crippen LogP contribution is -2.03. The molecule has 3 rings (SSSR count). The Bertz CT molecular complexity index is 913. The fraction of sp³-hybridized carbons (Fsp3) is 0.500. The zero-order valence-corrected chi connectivity index (χ0v) is 19.6. The number of hydrogen-bond donors (Lipinski definition) is 2. The van der Waals surface area contributed by atoms with Crippen LogP contribution in [0.15, 0.2) is 24.4 Å². The van der Waals surface area contributed by atoms with Crippen LogP contribution in [0.3, 0.4) is 0 Å². The summed E-state index contributed by atoms with van der Waals surface area (Å²) in [6.07, 6.45) is 4.17. The molecule has 0 aliphatic carbocycles. The minimum Gasteiger partial charge on any atom is -0.400 e. The van der Waals surface area contributed by atoms with Crippen LogP contribution in [0.2, 0.25) is 0 Å². The molecule has 3 aromatic heterocycles. The molecule has 0 aliphatic rings. The van der Waals surface area contributed by atoms with Gasteiger partial charge in [0.2, 0.25) is 0 Å². The van der Waals surface area contributed by atoms with Crippen molar-refractivity contribution in [3.8, 4) is 11.3 Å². The fourth-order valence-electron chi connectivity index (χ4n) is 3.38. The average molecular weight is 399 g/mol. The minimum absolute atomic E-state index is 0.405. The highest BCUT2D eigenvalue weighted by Crippen LogP contribution is 2.33. The van der Waals surface area contributed by atoms with Gasteiger partial charge in [-0.25, -0.2) is 9.97 Å². The highest BCUT2D eigenvalue weighted by Gasteiger charge is 2.17. The normalized spacial score (nSPS) is 10.3. The molecule has 2 N–H and O–H groups in total. The van der Waals surface area contributed by atoms with Crippen LogP contribution in [0.1, 0.15) is 64.3 Å². The third-order valence-corrected chi connectivity index (χ3v) is 4.87. The molecule has 0 saturated carbocycles. The Morgan fingerprint density at radius 1 is 1.03 bits per heavy atom. The van der Waals surface area contributed by atoms with Crippen LogP contribution in [-0.4, -0.2) is 33.8 Å². The summed E-state index contributed by atoms with van der Waals surface area (Å²) in [7, 11) is 5.00. The summed E-state index contributed by atoms with van der Waals surface area (Å²) in [6, 6.07) is 6.59. The summed E-state index contributed by atoms with van der Waals surface area (Å²) in [5, 5.41) is 11.5. The van der Waals surface area contributed by atoms with Gasteiger partial charge in [0.1, 0.15) is 11.5 Å². The molecule has 0 atom stereocenters. The molecule has 0 radical (unpaired) electrons. The van der Waals surface area contributed by atoms with Gasteiger partial charge >= 0.3 is 0 Å². The van der Waals surface area contributed by atoms with Crippen LogP contribution >= 0.6 is 0 Å². The minimum atomic E-state index is 0.405. The Morgan fingerprint density at radius 3 is 2.17 bits per heavy atom. The number of aliphatic hydroxyl groups is 1. The van der Waals surface area contributed by atoms with Crippen molar-refractivity contribution in [1.82, 2.24) is 14.5 Å². The maximum Gasteiger partial charge on any atom is 0.140 e. The summed E-state index contributed by atoms with van der Waals surface area (Å²) in [5.74, 6) is 1.31. The predicted molar refractivity (Wildman–Crippen MR) is 126 cm³/mol. The predicted octanol–water partition coefficient (Wildman–Crippen LogP) is 5.56. The van der Waals surface area contributed by atoms with Gasteiger partial charge in [-0.15, -0.1) is 0 Å². The third-order valence-electron chi connectivity index (χ3n) is 4.87. The lowest BCUT2D eigenvalue weighted by molar-refractivity contribution is 0.399. The van der Waals surface area contributed by atoms with E-state index in [2.05, 4.69) is 69.0 Å². The molecule has 5 heteroatoms. The van der Waals surface area contributed by atoms with Crippen LogP contribution in [0.25, 0.3) is 22.3 Å². The van der Waals surface area contributed by atoms with E-state index in [-0.39, 0.29) is 0 Å². The number of fused-ring (bicyclic) bond motifs is 1. The number of hydrogen-bond acceptors (Lipinski definition) is 4. The first kappa shape index (κ1) is 24.6. The van der Waals surface area contributed by atoms with Crippen LogP contribution in [-0.2, 0) is 19.9 Å². The summed E-state index contributed by atoms with van der Waals surface area (Å²) in [6.45, 7) is 12.7. The molecule has 0 spiro atoms. The van der Waals surface area contributed by atoms with Gasteiger partial charge in [-0.2, -0.15) is 0 Å². The fourth-order valence-corrected chi connectivity index (χ4v) is 3.38. The van der Waals surface area contributed by atoms with Gasteiger partial charge in [-0.1, -0.05) is 41.5 Å². The van der Waals surface area contributed by atoms with E-state index in [9.17, 15) is 0 Å². The standard InChI is InChI=1S/C21H28N4.C2H6.CH4O/c1-7-14-11-17-15(8-2)12-25(6)21(17)24-19(14)16-9-10-18(13(3)4)23-20(16)22-5;2*1-2/h9-13H,7-8H2,1-6H3,(H,22,23);1-2H3;2H,1H3. The number of nitrogens with one attached hydrogen (secondary N) is 1. The van der Waals surface area contributed by atoms with E-state index in [1.54, 1.807) is 0 Å². The first-order chi connectivity index (χ1) is 14.0. The van der Waals surface area contributed by atoms with Crippen LogP contribution in [0.4, 0.5) is 5.82 Å². The zero-order chi connectivity index (χ0) is 22.1. The van der Waals surface area contributed by atoms with Crippen molar-refractivity contribution in [1.29, 1.82) is 0 Å². The first-order valence-electron chi connectivity index (χ1n) is 10.6. The van der Waals surface area contributed by atoms with Crippen molar-refractivity contribution >= 4 is 16.9 Å². The Hall–Kier alpha value is -2.40. The Balaban J connectivity index is 0.000000989. The van der Waals surface area contributed by atoms with E-state index in [1.165, 1.54) is 16.5 Å². The maximum atomic E-state index is 7.00. The largest absolute Gasteiger partial charge is 0.400 e. The Morgan fingerprint density at radius 2 is 1.66 bits per heavy atom. The molecular formula is C24H38N4O. The molecule has 0 unspecified atom stereocenters. The molecular weight excluding hydrogens is 360 g/mol. The topological polar surface area (TPSA) is 63.0 Å². The van der Waals surface area contributed by atoms with E-state index in [0.717, 1.165) is 48.4 Å². The van der Waals surface area contributed by atoms with Crippen LogP contribution in [0, 0.1) is 0 Å². The van der Waals surface area contributed by atoms with Crippen LogP contribution in [0.5, 0.6) is 0 Å². The summed E-state index contributed by atoms with van der Waals surface area (Å²) in [5.41, 5.74) is 6.87. The van der Waals surface area contributed by atoms with Crippen molar-refractivity contribution < 1.29 is 5.11 Å². The second-order valence-corrected chi connectivity index (χ2v) is 6.88. The summed E-state index contributed by atoms with van der Waals surface area (Å²) in [4.78, 5) is 9.86. The highest BCUT2D eigenvalue weighted by molar-refractivity contribution is 5.86. The summed E-state index contributed by atoms with van der Waals surface area (Å²) >= 11 is 0. The molecule has 3 heterocycles. The average Bonchev–Trinajstić information content (AvgIpc) is 3.09. The summed E-state index contributed by atoms with van der Waals surface area (Å²) < 4.78 is 2.13. The molecule has 0 amide bonds. The van der Waals surface area contributed by atoms with Crippen molar-refractivity contribution in [2.75, 3.05) is 19.5 Å². The Labute approximate surface area is 176 Å². The number of aryl methyl sites for hydroxylation is 3. The van der Waals surface area contributed by atoms with Crippen molar-refractivity contribution in [2.45, 2.75) is 60.3 Å². The molecule has 3 aromatic rings. The number of anilines is 1. The highest BCUT2D eigenvalue weighted by atomic mass is 16.2. The van der Waals surface area contributed by atoms with Gasteiger partial charge < -0.3 is 15.0 Å². The molecule has 5 nitrogen and oxygen atoms in total. The number of rotatable bonds is 5. The molecule has 0 aromatic carbocycles. The third kappa shape index (κ3) is 5.15. The van der Waals surface area contributed by atoms with E-state index in [4.69, 9.17) is 15.1 Å². The van der Waals surface area contributed by atoms with Crippen LogP contribution < -0.4 is 5.32 Å². The smallest absolute Gasteiger partial charge is 0.140 e. The van der Waals surface area contributed by atoms with Gasteiger partial charge in [0.15, 0.2) is 0 Å². The van der Waals surface area contributed by atoms with Crippen molar-refractivity contribution in [3.63, 3.8) is 0 Å². The molecule has 0 fully saturated rings. The number of aromatic nitrogens is 3. The Kier molecular flexibility index (Phi) is 9.83. The SMILES string of the molecule is CC.CCc1cc2c(CC)cn(C)c2nc1-c1ccc(C(C)C)nc1NC.CO. The van der Waals surface area contributed by atoms with E-state index in [0.29, 0.717) is 5.92 Å². The van der Waals surface area contributed by atoms with Crippen molar-refractivity contribution in [3.05, 3.63) is 41.2 Å². The van der Waals surface area contributed by atoms with Gasteiger partial charge in [-0.3, -0.25) is 0 Å². The molecule has 0 bridgehead atoms. The second kappa shape index (κ2) is 11.6. The lowest BCUT2D eigenvalue weighted by Gasteiger charge is -2.15. The van der Waals surface area contributed by atoms with E-state index >= 15 is 0 Å². The van der Waals surface area contributed by atoms with Gasteiger partial charge in [0, 0.05) is 44.0 Å². The maximum absolute atomic E-state index is 7.00. The second-order valence-electron chi connectivity index (χ2n) is 6.88. The molecule has 29 heavy (non-hydrogen) atoms. The van der Waals surface area contributed by atoms with E-state index in [1.807, 2.05) is 20.9 Å². The first-order valence-corrected chi connectivity index (χ1v) is 10.6. The van der Waals surface area contributed by atoms with Gasteiger partial charge in [0.25, 0.3) is 0 Å². The monoisotopic (exact) mass is 398 g/mol. The quantitative estimate of drug-likeness (QED) is 0.590. The molecule has 0 saturated heterocycles. The number of aliphatic hydroxyl groups excluding tert-OH is 1. The number of nitrogens with zero attached hydrogens (tertiary/aromatic N) is 3.